The number of halogens is 2. The predicted octanol–water partition coefficient (Wildman–Crippen LogP) is 1.98. The molecule has 0 saturated carbocycles. The maximum absolute atomic E-state index is 12.5. The quantitative estimate of drug-likeness (QED) is 0.748. The zero-order valence-corrected chi connectivity index (χ0v) is 15.0. The van der Waals surface area contributed by atoms with E-state index in [2.05, 4.69) is 31.9 Å². The summed E-state index contributed by atoms with van der Waals surface area (Å²) < 4.78 is 27.2. The molecule has 0 bridgehead atoms. The molecule has 0 amide bonds. The third-order valence-corrected chi connectivity index (χ3v) is 6.29. The van der Waals surface area contributed by atoms with Crippen molar-refractivity contribution in [1.29, 1.82) is 0 Å². The Morgan fingerprint density at radius 2 is 1.58 bits per heavy atom. The van der Waals surface area contributed by atoms with Gasteiger partial charge in [0.15, 0.2) is 0 Å². The number of hydrogen-bond donors (Lipinski definition) is 1. The molecular formula is C11H17Br2N3O2S. The molecule has 5 nitrogen and oxygen atoms in total. The number of nitrogen functional groups attached to an aromatic ring is 1. The van der Waals surface area contributed by atoms with Gasteiger partial charge in [-0.3, -0.25) is 0 Å². The summed E-state index contributed by atoms with van der Waals surface area (Å²) in [7, 11) is 1.80. The second-order valence-corrected chi connectivity index (χ2v) is 8.13. The lowest BCUT2D eigenvalue weighted by Gasteiger charge is -2.21. The summed E-state index contributed by atoms with van der Waals surface area (Å²) in [6.45, 7) is 1.07. The van der Waals surface area contributed by atoms with Crippen LogP contribution >= 0.6 is 31.9 Å². The standard InChI is InChI=1S/C11H17Br2N3O2S/c1-15(2)4-5-16(3)19(17,18)11-9(12)6-8(14)7-10(11)13/h6-7H,4-5,14H2,1-3H3. The molecule has 0 atom stereocenters. The van der Waals surface area contributed by atoms with Crippen molar-refractivity contribution in [2.75, 3.05) is 40.0 Å². The van der Waals surface area contributed by atoms with E-state index in [0.29, 0.717) is 27.7 Å². The Balaban J connectivity index is 3.14. The van der Waals surface area contributed by atoms with Gasteiger partial charge < -0.3 is 10.6 Å². The van der Waals surface area contributed by atoms with E-state index in [1.54, 1.807) is 19.2 Å². The Hall–Kier alpha value is -0.150. The average molecular weight is 415 g/mol. The molecule has 0 aliphatic rings. The zero-order chi connectivity index (χ0) is 14.8. The summed E-state index contributed by atoms with van der Waals surface area (Å²) in [6.07, 6.45) is 0. The van der Waals surface area contributed by atoms with Crippen LogP contribution in [0.1, 0.15) is 0 Å². The summed E-state index contributed by atoms with van der Waals surface area (Å²) in [6, 6.07) is 3.16. The summed E-state index contributed by atoms with van der Waals surface area (Å²) in [5.41, 5.74) is 6.17. The molecular weight excluding hydrogens is 398 g/mol. The van der Waals surface area contributed by atoms with Crippen molar-refractivity contribution in [3.8, 4) is 0 Å². The summed E-state index contributed by atoms with van der Waals surface area (Å²) >= 11 is 6.51. The van der Waals surface area contributed by atoms with Gasteiger partial charge in [-0.25, -0.2) is 8.42 Å². The molecule has 108 valence electrons. The van der Waals surface area contributed by atoms with E-state index >= 15 is 0 Å². The molecule has 8 heteroatoms. The molecule has 0 aliphatic heterocycles. The highest BCUT2D eigenvalue weighted by molar-refractivity contribution is 9.11. The summed E-state index contributed by atoms with van der Waals surface area (Å²) in [5.74, 6) is 0. The molecule has 0 unspecified atom stereocenters. The summed E-state index contributed by atoms with van der Waals surface area (Å²) in [5, 5.41) is 0. The molecule has 0 saturated heterocycles. The van der Waals surface area contributed by atoms with Crippen molar-refractivity contribution in [2.45, 2.75) is 4.90 Å². The van der Waals surface area contributed by atoms with E-state index in [-0.39, 0.29) is 4.90 Å². The second-order valence-electron chi connectivity index (χ2n) is 4.44. The van der Waals surface area contributed by atoms with E-state index in [1.807, 2.05) is 19.0 Å². The molecule has 0 heterocycles. The van der Waals surface area contributed by atoms with Crippen molar-refractivity contribution in [3.05, 3.63) is 21.1 Å². The lowest BCUT2D eigenvalue weighted by Crippen LogP contribution is -2.33. The van der Waals surface area contributed by atoms with E-state index in [1.165, 1.54) is 4.31 Å². The number of sulfonamides is 1. The fourth-order valence-corrected chi connectivity index (χ4v) is 5.14. The van der Waals surface area contributed by atoms with E-state index < -0.39 is 10.0 Å². The molecule has 0 fully saturated rings. The highest BCUT2D eigenvalue weighted by atomic mass is 79.9. The second kappa shape index (κ2) is 6.53. The zero-order valence-electron chi connectivity index (χ0n) is 11.0. The molecule has 1 aromatic rings. The molecule has 2 N–H and O–H groups in total. The number of nitrogens with zero attached hydrogens (tertiary/aromatic N) is 2. The van der Waals surface area contributed by atoms with E-state index in [9.17, 15) is 8.42 Å². The van der Waals surface area contributed by atoms with Crippen LogP contribution in [0.3, 0.4) is 0 Å². The number of rotatable bonds is 5. The van der Waals surface area contributed by atoms with Gasteiger partial charge in [0.05, 0.1) is 0 Å². The first-order chi connectivity index (χ1) is 8.66. The first-order valence-corrected chi connectivity index (χ1v) is 8.54. The normalized spacial score (nSPS) is 12.4. The van der Waals surface area contributed by atoms with Crippen molar-refractivity contribution >= 4 is 47.6 Å². The van der Waals surface area contributed by atoms with Gasteiger partial charge in [-0.1, -0.05) is 0 Å². The van der Waals surface area contributed by atoms with E-state index in [4.69, 9.17) is 5.73 Å². The van der Waals surface area contributed by atoms with Crippen molar-refractivity contribution in [1.82, 2.24) is 9.21 Å². The third-order valence-electron chi connectivity index (χ3n) is 2.55. The number of nitrogens with two attached hydrogens (primary N) is 1. The van der Waals surface area contributed by atoms with Gasteiger partial charge in [-0.15, -0.1) is 0 Å². The maximum atomic E-state index is 12.5. The molecule has 1 rings (SSSR count). The number of benzene rings is 1. The fourth-order valence-electron chi connectivity index (χ4n) is 1.44. The lowest BCUT2D eigenvalue weighted by molar-refractivity contribution is 0.358. The largest absolute Gasteiger partial charge is 0.399 e. The molecule has 0 radical (unpaired) electrons. The fraction of sp³-hybridized carbons (Fsp3) is 0.455. The highest BCUT2D eigenvalue weighted by Crippen LogP contribution is 2.33. The number of likely N-dealkylation sites (N-methyl/N-ethyl adjacent to an activating group) is 2. The van der Waals surface area contributed by atoms with Gasteiger partial charge in [-0.2, -0.15) is 4.31 Å². The Morgan fingerprint density at radius 3 is 2.00 bits per heavy atom. The van der Waals surface area contributed by atoms with Crippen LogP contribution in [0.4, 0.5) is 5.69 Å². The van der Waals surface area contributed by atoms with Gasteiger partial charge in [0.1, 0.15) is 4.90 Å². The molecule has 0 spiro atoms. The average Bonchev–Trinajstić information content (AvgIpc) is 2.23. The van der Waals surface area contributed by atoms with Crippen LogP contribution in [0.2, 0.25) is 0 Å². The molecule has 19 heavy (non-hydrogen) atoms. The first kappa shape index (κ1) is 16.9. The van der Waals surface area contributed by atoms with Crippen LogP contribution in [-0.4, -0.2) is 51.9 Å². The van der Waals surface area contributed by atoms with Crippen molar-refractivity contribution in [2.24, 2.45) is 0 Å². The van der Waals surface area contributed by atoms with Crippen LogP contribution in [0, 0.1) is 0 Å². The minimum atomic E-state index is -3.56. The van der Waals surface area contributed by atoms with E-state index in [0.717, 1.165) is 0 Å². The Kier molecular flexibility index (Phi) is 5.81. The van der Waals surface area contributed by atoms with Crippen molar-refractivity contribution < 1.29 is 8.42 Å². The molecule has 0 aliphatic carbocycles. The maximum Gasteiger partial charge on any atom is 0.245 e. The minimum absolute atomic E-state index is 0.197. The number of anilines is 1. The molecule has 1 aromatic carbocycles. The third kappa shape index (κ3) is 4.16. The summed E-state index contributed by atoms with van der Waals surface area (Å²) in [4.78, 5) is 2.13. The smallest absolute Gasteiger partial charge is 0.245 e. The predicted molar refractivity (Wildman–Crippen MR) is 84.6 cm³/mol. The van der Waals surface area contributed by atoms with Crippen LogP contribution in [-0.2, 0) is 10.0 Å². The van der Waals surface area contributed by atoms with Gasteiger partial charge >= 0.3 is 0 Å². The van der Waals surface area contributed by atoms with Gasteiger partial charge in [0, 0.05) is 34.8 Å². The highest BCUT2D eigenvalue weighted by Gasteiger charge is 2.26. The first-order valence-electron chi connectivity index (χ1n) is 5.52. The van der Waals surface area contributed by atoms with Gasteiger partial charge in [0.2, 0.25) is 10.0 Å². The Labute approximate surface area is 131 Å². The van der Waals surface area contributed by atoms with Crippen LogP contribution in [0.5, 0.6) is 0 Å². The number of hydrogen-bond acceptors (Lipinski definition) is 4. The lowest BCUT2D eigenvalue weighted by atomic mass is 10.3. The Bertz CT molecular complexity index is 538. The minimum Gasteiger partial charge on any atom is -0.399 e. The van der Waals surface area contributed by atoms with Crippen LogP contribution in [0.15, 0.2) is 26.0 Å². The van der Waals surface area contributed by atoms with Gasteiger partial charge in [-0.05, 0) is 58.1 Å². The monoisotopic (exact) mass is 413 g/mol. The Morgan fingerprint density at radius 1 is 1.11 bits per heavy atom. The topological polar surface area (TPSA) is 66.6 Å². The van der Waals surface area contributed by atoms with Crippen LogP contribution in [0.25, 0.3) is 0 Å². The van der Waals surface area contributed by atoms with Crippen LogP contribution < -0.4 is 5.73 Å². The van der Waals surface area contributed by atoms with Crippen molar-refractivity contribution in [3.63, 3.8) is 0 Å². The van der Waals surface area contributed by atoms with Gasteiger partial charge in [0.25, 0.3) is 0 Å². The molecule has 0 aromatic heterocycles. The SMILES string of the molecule is CN(C)CCN(C)S(=O)(=O)c1c(Br)cc(N)cc1Br.